The maximum atomic E-state index is 10.1. The molecule has 0 aromatic heterocycles. The molecule has 2 atom stereocenters. The van der Waals surface area contributed by atoms with Crippen molar-refractivity contribution in [1.29, 1.82) is 0 Å². The van der Waals surface area contributed by atoms with Gasteiger partial charge in [-0.1, -0.05) is 44.9 Å². The highest BCUT2D eigenvalue weighted by Crippen LogP contribution is 2.27. The Morgan fingerprint density at radius 1 is 0.944 bits per heavy atom. The fraction of sp³-hybridized carbons (Fsp3) is 1.00. The number of hydrogen-bond acceptors (Lipinski definition) is 3. The zero-order chi connectivity index (χ0) is 12.8. The lowest BCUT2D eigenvalue weighted by Crippen LogP contribution is -2.46. The fourth-order valence-electron chi connectivity index (χ4n) is 3.30. The second-order valence-corrected chi connectivity index (χ2v) is 6.33. The summed E-state index contributed by atoms with van der Waals surface area (Å²) in [5, 5.41) is 10.1. The molecule has 0 aromatic rings. The Hall–Kier alpha value is -0.120. The van der Waals surface area contributed by atoms with Crippen LogP contribution in [0.4, 0.5) is 0 Å². The molecule has 0 saturated heterocycles. The minimum Gasteiger partial charge on any atom is -0.390 e. The fourth-order valence-corrected chi connectivity index (χ4v) is 3.30. The molecule has 18 heavy (non-hydrogen) atoms. The van der Waals surface area contributed by atoms with E-state index < -0.39 is 0 Å². The predicted octanol–water partition coefficient (Wildman–Crippen LogP) is 2.75. The molecule has 0 heterocycles. The van der Waals surface area contributed by atoms with Crippen LogP contribution in [0.25, 0.3) is 0 Å². The Kier molecular flexibility index (Phi) is 5.46. The van der Waals surface area contributed by atoms with Gasteiger partial charge in [0.15, 0.2) is 0 Å². The third kappa shape index (κ3) is 4.22. The normalized spacial score (nSPS) is 33.7. The first-order chi connectivity index (χ1) is 8.70. The Morgan fingerprint density at radius 3 is 2.28 bits per heavy atom. The molecule has 2 aliphatic rings. The van der Waals surface area contributed by atoms with Crippen molar-refractivity contribution in [3.8, 4) is 0 Å². The predicted molar refractivity (Wildman–Crippen MR) is 73.5 cm³/mol. The lowest BCUT2D eigenvalue weighted by Gasteiger charge is -2.31. The number of nitrogens with two attached hydrogens (primary N) is 1. The summed E-state index contributed by atoms with van der Waals surface area (Å²) in [5.41, 5.74) is 6.32. The summed E-state index contributed by atoms with van der Waals surface area (Å²) < 4.78 is 6.00. The first-order valence-corrected chi connectivity index (χ1v) is 7.78. The third-order valence-corrected chi connectivity index (χ3v) is 4.60. The van der Waals surface area contributed by atoms with Crippen LogP contribution in [0.2, 0.25) is 0 Å². The van der Waals surface area contributed by atoms with E-state index in [9.17, 15) is 5.11 Å². The smallest absolute Gasteiger partial charge is 0.0834 e. The number of rotatable bonds is 3. The number of aliphatic hydroxyl groups excluding tert-OH is 1. The molecule has 106 valence electrons. The van der Waals surface area contributed by atoms with Gasteiger partial charge in [0.25, 0.3) is 0 Å². The van der Waals surface area contributed by atoms with E-state index in [1.807, 2.05) is 0 Å². The SMILES string of the molecule is NC1(COC2CCCCCC2O)CCCCCC1. The topological polar surface area (TPSA) is 55.5 Å². The Morgan fingerprint density at radius 2 is 1.56 bits per heavy atom. The summed E-state index contributed by atoms with van der Waals surface area (Å²) in [6.07, 6.45) is 12.4. The van der Waals surface area contributed by atoms with Gasteiger partial charge in [0.05, 0.1) is 18.8 Å². The van der Waals surface area contributed by atoms with Gasteiger partial charge in [0, 0.05) is 5.54 Å². The van der Waals surface area contributed by atoms with Crippen molar-refractivity contribution in [2.75, 3.05) is 6.61 Å². The highest BCUT2D eigenvalue weighted by molar-refractivity contribution is 4.87. The van der Waals surface area contributed by atoms with E-state index in [-0.39, 0.29) is 17.7 Å². The highest BCUT2D eigenvalue weighted by Gasteiger charge is 2.30. The van der Waals surface area contributed by atoms with Crippen molar-refractivity contribution in [3.63, 3.8) is 0 Å². The van der Waals surface area contributed by atoms with Gasteiger partial charge in [-0.2, -0.15) is 0 Å². The maximum absolute atomic E-state index is 10.1. The van der Waals surface area contributed by atoms with Crippen LogP contribution in [-0.2, 0) is 4.74 Å². The van der Waals surface area contributed by atoms with E-state index in [1.165, 1.54) is 38.5 Å². The monoisotopic (exact) mass is 255 g/mol. The molecule has 3 nitrogen and oxygen atoms in total. The molecule has 2 fully saturated rings. The molecule has 2 saturated carbocycles. The van der Waals surface area contributed by atoms with Crippen molar-refractivity contribution in [3.05, 3.63) is 0 Å². The summed E-state index contributed by atoms with van der Waals surface area (Å²) in [6, 6.07) is 0. The van der Waals surface area contributed by atoms with Crippen molar-refractivity contribution in [2.24, 2.45) is 5.73 Å². The van der Waals surface area contributed by atoms with Gasteiger partial charge in [-0.3, -0.25) is 0 Å². The minimum atomic E-state index is -0.276. The van der Waals surface area contributed by atoms with Crippen LogP contribution in [-0.4, -0.2) is 29.5 Å². The molecule has 0 bridgehead atoms. The highest BCUT2D eigenvalue weighted by atomic mass is 16.5. The summed E-state index contributed by atoms with van der Waals surface area (Å²) in [6.45, 7) is 0.634. The van der Waals surface area contributed by atoms with Crippen LogP contribution in [0, 0.1) is 0 Å². The van der Waals surface area contributed by atoms with E-state index in [2.05, 4.69) is 0 Å². The largest absolute Gasteiger partial charge is 0.390 e. The van der Waals surface area contributed by atoms with Crippen LogP contribution >= 0.6 is 0 Å². The minimum absolute atomic E-state index is 0.0242. The summed E-state index contributed by atoms with van der Waals surface area (Å²) in [5.74, 6) is 0. The van der Waals surface area contributed by atoms with Gasteiger partial charge < -0.3 is 15.6 Å². The molecule has 0 aromatic carbocycles. The summed E-state index contributed by atoms with van der Waals surface area (Å²) in [7, 11) is 0. The third-order valence-electron chi connectivity index (χ3n) is 4.60. The van der Waals surface area contributed by atoms with E-state index in [0.717, 1.165) is 32.1 Å². The molecular weight excluding hydrogens is 226 g/mol. The second kappa shape index (κ2) is 6.88. The Labute approximate surface area is 111 Å². The molecule has 2 rings (SSSR count). The van der Waals surface area contributed by atoms with Crippen LogP contribution in [0.15, 0.2) is 0 Å². The van der Waals surface area contributed by atoms with Crippen LogP contribution < -0.4 is 5.73 Å². The van der Waals surface area contributed by atoms with Gasteiger partial charge in [-0.15, -0.1) is 0 Å². The number of hydrogen-bond donors (Lipinski definition) is 2. The zero-order valence-corrected chi connectivity index (χ0v) is 11.6. The van der Waals surface area contributed by atoms with Crippen LogP contribution in [0.3, 0.4) is 0 Å². The van der Waals surface area contributed by atoms with E-state index in [1.54, 1.807) is 0 Å². The summed E-state index contributed by atoms with van der Waals surface area (Å²) in [4.78, 5) is 0. The quantitative estimate of drug-likeness (QED) is 0.762. The van der Waals surface area contributed by atoms with E-state index in [4.69, 9.17) is 10.5 Å². The Balaban J connectivity index is 1.81. The summed E-state index contributed by atoms with van der Waals surface area (Å²) >= 11 is 0. The van der Waals surface area contributed by atoms with Gasteiger partial charge >= 0.3 is 0 Å². The molecular formula is C15H29NO2. The molecule has 0 aliphatic heterocycles. The van der Waals surface area contributed by atoms with Gasteiger partial charge in [-0.05, 0) is 25.7 Å². The van der Waals surface area contributed by atoms with Crippen molar-refractivity contribution < 1.29 is 9.84 Å². The Bertz CT molecular complexity index is 237. The molecule has 2 aliphatic carbocycles. The van der Waals surface area contributed by atoms with Crippen molar-refractivity contribution in [2.45, 2.75) is 88.4 Å². The molecule has 0 spiro atoms. The average Bonchev–Trinajstić information content (AvgIpc) is 2.68. The van der Waals surface area contributed by atoms with E-state index >= 15 is 0 Å². The molecule has 3 N–H and O–H groups in total. The molecule has 0 amide bonds. The maximum Gasteiger partial charge on any atom is 0.0834 e. The lowest BCUT2D eigenvalue weighted by molar-refractivity contribution is -0.0582. The molecule has 3 heteroatoms. The number of aliphatic hydroxyl groups is 1. The number of ether oxygens (including phenoxy) is 1. The average molecular weight is 255 g/mol. The van der Waals surface area contributed by atoms with Crippen molar-refractivity contribution >= 4 is 0 Å². The van der Waals surface area contributed by atoms with Gasteiger partial charge in [-0.25, -0.2) is 0 Å². The van der Waals surface area contributed by atoms with Gasteiger partial charge in [0.1, 0.15) is 0 Å². The second-order valence-electron chi connectivity index (χ2n) is 6.33. The van der Waals surface area contributed by atoms with Crippen LogP contribution in [0.5, 0.6) is 0 Å². The van der Waals surface area contributed by atoms with E-state index in [0.29, 0.717) is 6.61 Å². The molecule has 2 unspecified atom stereocenters. The zero-order valence-electron chi connectivity index (χ0n) is 11.6. The van der Waals surface area contributed by atoms with Crippen molar-refractivity contribution in [1.82, 2.24) is 0 Å². The lowest BCUT2D eigenvalue weighted by atomic mass is 9.92. The first kappa shape index (κ1) is 14.3. The van der Waals surface area contributed by atoms with Crippen LogP contribution in [0.1, 0.15) is 70.6 Å². The van der Waals surface area contributed by atoms with Gasteiger partial charge in [0.2, 0.25) is 0 Å². The standard InChI is InChI=1S/C15H29NO2/c16-15(10-6-1-2-7-11-15)12-18-14-9-5-3-4-8-13(14)17/h13-14,17H,1-12,16H2. The first-order valence-electron chi connectivity index (χ1n) is 7.78. The molecule has 0 radical (unpaired) electrons.